The van der Waals surface area contributed by atoms with Gasteiger partial charge in [-0.15, -0.1) is 0 Å². The number of morpholine rings is 1. The molecule has 0 atom stereocenters. The number of nitro groups is 1. The first-order valence-electron chi connectivity index (χ1n) is 5.55. The van der Waals surface area contributed by atoms with Crippen LogP contribution in [0.4, 0.5) is 11.4 Å². The minimum Gasteiger partial charge on any atom is -0.398 e. The smallest absolute Gasteiger partial charge is 0.270 e. The molecule has 0 radical (unpaired) electrons. The summed E-state index contributed by atoms with van der Waals surface area (Å²) in [5.74, 6) is 0. The second-order valence-electron chi connectivity index (χ2n) is 4.00. The molecule has 0 aliphatic carbocycles. The monoisotopic (exact) mass is 287 g/mol. The van der Waals surface area contributed by atoms with Crippen LogP contribution in [-0.4, -0.2) is 43.9 Å². The molecule has 1 heterocycles. The molecule has 0 bridgehead atoms. The predicted molar refractivity (Wildman–Crippen MR) is 67.1 cm³/mol. The summed E-state index contributed by atoms with van der Waals surface area (Å²) in [6.45, 7) is 1.02. The van der Waals surface area contributed by atoms with Gasteiger partial charge in [0.05, 0.1) is 23.8 Å². The maximum atomic E-state index is 12.4. The third kappa shape index (κ3) is 2.67. The van der Waals surface area contributed by atoms with Crippen molar-refractivity contribution in [2.75, 3.05) is 32.0 Å². The Morgan fingerprint density at radius 3 is 2.53 bits per heavy atom. The molecule has 1 aliphatic heterocycles. The molecule has 1 saturated heterocycles. The summed E-state index contributed by atoms with van der Waals surface area (Å²) < 4.78 is 31.0. The van der Waals surface area contributed by atoms with E-state index in [2.05, 4.69) is 0 Å². The first-order chi connectivity index (χ1) is 8.93. The van der Waals surface area contributed by atoms with Crippen LogP contribution in [0.15, 0.2) is 23.1 Å². The zero-order chi connectivity index (χ0) is 14.0. The number of ether oxygens (including phenoxy) is 1. The second kappa shape index (κ2) is 5.11. The van der Waals surface area contributed by atoms with Gasteiger partial charge in [0.25, 0.3) is 5.69 Å². The number of nitrogen functional groups attached to an aromatic ring is 1. The van der Waals surface area contributed by atoms with E-state index in [4.69, 9.17) is 10.5 Å². The summed E-state index contributed by atoms with van der Waals surface area (Å²) in [5.41, 5.74) is 5.32. The zero-order valence-corrected chi connectivity index (χ0v) is 10.8. The van der Waals surface area contributed by atoms with Gasteiger partial charge in [0.1, 0.15) is 4.90 Å². The van der Waals surface area contributed by atoms with Crippen LogP contribution < -0.4 is 5.73 Å². The van der Waals surface area contributed by atoms with E-state index in [0.717, 1.165) is 6.07 Å². The lowest BCUT2D eigenvalue weighted by Gasteiger charge is -2.26. The van der Waals surface area contributed by atoms with Gasteiger partial charge in [0, 0.05) is 25.2 Å². The fourth-order valence-electron chi connectivity index (χ4n) is 1.79. The van der Waals surface area contributed by atoms with Gasteiger partial charge in [0.2, 0.25) is 10.0 Å². The number of hydrogen-bond donors (Lipinski definition) is 1. The molecule has 1 aliphatic rings. The lowest BCUT2D eigenvalue weighted by atomic mass is 10.3. The van der Waals surface area contributed by atoms with Crippen LogP contribution in [0.2, 0.25) is 0 Å². The minimum absolute atomic E-state index is 0.00269. The SMILES string of the molecule is Nc1ccc([N+](=O)[O-])cc1S(=O)(=O)N1CCOCC1. The van der Waals surface area contributed by atoms with Crippen LogP contribution in [0.1, 0.15) is 0 Å². The van der Waals surface area contributed by atoms with E-state index in [0.29, 0.717) is 13.2 Å². The molecule has 19 heavy (non-hydrogen) atoms. The maximum Gasteiger partial charge on any atom is 0.270 e. The molecular formula is C10H13N3O5S. The highest BCUT2D eigenvalue weighted by atomic mass is 32.2. The lowest BCUT2D eigenvalue weighted by Crippen LogP contribution is -2.40. The summed E-state index contributed by atoms with van der Waals surface area (Å²) >= 11 is 0. The van der Waals surface area contributed by atoms with Gasteiger partial charge in [-0.1, -0.05) is 0 Å². The van der Waals surface area contributed by atoms with E-state index in [1.165, 1.54) is 16.4 Å². The number of benzene rings is 1. The third-order valence-corrected chi connectivity index (χ3v) is 4.75. The normalized spacial score (nSPS) is 17.3. The number of non-ortho nitro benzene ring substituents is 1. The molecule has 2 N–H and O–H groups in total. The van der Waals surface area contributed by atoms with Gasteiger partial charge in [0.15, 0.2) is 0 Å². The highest BCUT2D eigenvalue weighted by molar-refractivity contribution is 7.89. The predicted octanol–water partition coefficient (Wildman–Crippen LogP) is 0.198. The van der Waals surface area contributed by atoms with Crippen molar-refractivity contribution in [3.05, 3.63) is 28.3 Å². The van der Waals surface area contributed by atoms with Crippen LogP contribution in [-0.2, 0) is 14.8 Å². The van der Waals surface area contributed by atoms with Gasteiger partial charge in [-0.3, -0.25) is 10.1 Å². The maximum absolute atomic E-state index is 12.4. The molecule has 0 saturated carbocycles. The standard InChI is InChI=1S/C10H13N3O5S/c11-9-2-1-8(13(14)15)7-10(9)19(16,17)12-3-5-18-6-4-12/h1-2,7H,3-6,11H2. The van der Waals surface area contributed by atoms with Crippen molar-refractivity contribution in [3.63, 3.8) is 0 Å². The van der Waals surface area contributed by atoms with Crippen LogP contribution in [0.3, 0.4) is 0 Å². The Kier molecular flexibility index (Phi) is 3.69. The van der Waals surface area contributed by atoms with Crippen LogP contribution in [0.5, 0.6) is 0 Å². The van der Waals surface area contributed by atoms with Gasteiger partial charge < -0.3 is 10.5 Å². The fraction of sp³-hybridized carbons (Fsp3) is 0.400. The van der Waals surface area contributed by atoms with Gasteiger partial charge in [-0.2, -0.15) is 4.31 Å². The second-order valence-corrected chi connectivity index (χ2v) is 5.90. The largest absolute Gasteiger partial charge is 0.398 e. The zero-order valence-electron chi connectivity index (χ0n) is 9.98. The van der Waals surface area contributed by atoms with Crippen LogP contribution >= 0.6 is 0 Å². The van der Waals surface area contributed by atoms with Crippen LogP contribution in [0, 0.1) is 10.1 Å². The van der Waals surface area contributed by atoms with E-state index in [1.807, 2.05) is 0 Å². The Labute approximate surface area is 110 Å². The average Bonchev–Trinajstić information content (AvgIpc) is 2.39. The molecule has 9 heteroatoms. The van der Waals surface area contributed by atoms with E-state index in [1.54, 1.807) is 0 Å². The fourth-order valence-corrected chi connectivity index (χ4v) is 3.33. The number of hydrogen-bond acceptors (Lipinski definition) is 6. The quantitative estimate of drug-likeness (QED) is 0.482. The molecule has 1 fully saturated rings. The number of nitro benzene ring substituents is 1. The summed E-state index contributed by atoms with van der Waals surface area (Å²) in [7, 11) is -3.82. The third-order valence-electron chi connectivity index (χ3n) is 2.80. The first kappa shape index (κ1) is 13.7. The number of nitrogens with two attached hydrogens (primary N) is 1. The molecule has 0 spiro atoms. The Balaban J connectivity index is 2.44. The first-order valence-corrected chi connectivity index (χ1v) is 6.99. The van der Waals surface area contributed by atoms with Crippen molar-refractivity contribution >= 4 is 21.4 Å². The topological polar surface area (TPSA) is 116 Å². The summed E-state index contributed by atoms with van der Waals surface area (Å²) in [5, 5.41) is 10.7. The van der Waals surface area contributed by atoms with Gasteiger partial charge >= 0.3 is 0 Å². The summed E-state index contributed by atoms with van der Waals surface area (Å²) in [6.07, 6.45) is 0. The number of anilines is 1. The van der Waals surface area contributed by atoms with Crippen molar-refractivity contribution in [2.24, 2.45) is 0 Å². The lowest BCUT2D eigenvalue weighted by molar-refractivity contribution is -0.385. The number of sulfonamides is 1. The molecule has 104 valence electrons. The van der Waals surface area contributed by atoms with Crippen molar-refractivity contribution in [1.82, 2.24) is 4.31 Å². The highest BCUT2D eigenvalue weighted by Gasteiger charge is 2.29. The Hall–Kier alpha value is -1.71. The number of nitrogens with zero attached hydrogens (tertiary/aromatic N) is 2. The summed E-state index contributed by atoms with van der Waals surface area (Å²) in [6, 6.07) is 3.39. The molecular weight excluding hydrogens is 274 g/mol. The molecule has 2 rings (SSSR count). The van der Waals surface area contributed by atoms with E-state index >= 15 is 0 Å². The van der Waals surface area contributed by atoms with Crippen molar-refractivity contribution < 1.29 is 18.1 Å². The van der Waals surface area contributed by atoms with E-state index < -0.39 is 14.9 Å². The molecule has 1 aromatic rings. The summed E-state index contributed by atoms with van der Waals surface area (Å²) in [4.78, 5) is 9.82. The van der Waals surface area contributed by atoms with E-state index in [9.17, 15) is 18.5 Å². The van der Waals surface area contributed by atoms with Crippen LogP contribution in [0.25, 0.3) is 0 Å². The number of rotatable bonds is 3. The molecule has 1 aromatic carbocycles. The van der Waals surface area contributed by atoms with Gasteiger partial charge in [-0.25, -0.2) is 8.42 Å². The molecule has 0 amide bonds. The van der Waals surface area contributed by atoms with Crippen molar-refractivity contribution in [3.8, 4) is 0 Å². The minimum atomic E-state index is -3.82. The Morgan fingerprint density at radius 2 is 1.95 bits per heavy atom. The highest BCUT2D eigenvalue weighted by Crippen LogP contribution is 2.27. The molecule has 0 unspecified atom stereocenters. The Morgan fingerprint density at radius 1 is 1.32 bits per heavy atom. The van der Waals surface area contributed by atoms with E-state index in [-0.39, 0.29) is 29.4 Å². The van der Waals surface area contributed by atoms with Crippen molar-refractivity contribution in [1.29, 1.82) is 0 Å². The van der Waals surface area contributed by atoms with Gasteiger partial charge in [-0.05, 0) is 6.07 Å². The van der Waals surface area contributed by atoms with Crippen molar-refractivity contribution in [2.45, 2.75) is 4.90 Å². The molecule has 0 aromatic heterocycles. The Bertz CT molecular complexity index is 595. The molecule has 8 nitrogen and oxygen atoms in total. The average molecular weight is 287 g/mol.